The summed E-state index contributed by atoms with van der Waals surface area (Å²) in [5.74, 6) is -2.54. The Hall–Kier alpha value is -3.68. The minimum absolute atomic E-state index is 0.0291. The van der Waals surface area contributed by atoms with Crippen molar-refractivity contribution < 1.29 is 32.5 Å². The van der Waals surface area contributed by atoms with Gasteiger partial charge in [0.2, 0.25) is 15.9 Å². The van der Waals surface area contributed by atoms with Crippen molar-refractivity contribution >= 4 is 39.1 Å². The highest BCUT2D eigenvalue weighted by atomic mass is 32.2. The molecule has 1 saturated heterocycles. The number of hydrogen-bond acceptors (Lipinski definition) is 8. The molecule has 172 valence electrons. The average Bonchev–Trinajstić information content (AvgIpc) is 3.04. The molecule has 12 nitrogen and oxygen atoms in total. The van der Waals surface area contributed by atoms with Crippen LogP contribution in [-0.4, -0.2) is 73.1 Å². The minimum atomic E-state index is -3.79. The first kappa shape index (κ1) is 22.5. The summed E-state index contributed by atoms with van der Waals surface area (Å²) in [5.41, 5.74) is -0.883. The van der Waals surface area contributed by atoms with E-state index in [2.05, 4.69) is 5.32 Å². The number of rotatable bonds is 6. The lowest BCUT2D eigenvalue weighted by molar-refractivity contribution is -0.385. The van der Waals surface area contributed by atoms with Crippen LogP contribution in [0.3, 0.4) is 0 Å². The number of sulfonamides is 1. The van der Waals surface area contributed by atoms with Gasteiger partial charge in [0.25, 0.3) is 17.5 Å². The Bertz CT molecular complexity index is 1270. The van der Waals surface area contributed by atoms with Gasteiger partial charge in [0.1, 0.15) is 12.1 Å². The van der Waals surface area contributed by atoms with E-state index in [1.165, 1.54) is 40.7 Å². The van der Waals surface area contributed by atoms with Crippen molar-refractivity contribution in [2.45, 2.75) is 4.90 Å². The van der Waals surface area contributed by atoms with Crippen molar-refractivity contribution in [1.82, 2.24) is 9.21 Å². The van der Waals surface area contributed by atoms with Gasteiger partial charge in [-0.3, -0.25) is 29.4 Å². The van der Waals surface area contributed by atoms with Crippen LogP contribution in [0.1, 0.15) is 20.7 Å². The molecule has 1 fully saturated rings. The topological polar surface area (TPSA) is 156 Å². The molecule has 0 unspecified atom stereocenters. The summed E-state index contributed by atoms with van der Waals surface area (Å²) in [7, 11) is -3.79. The smallest absolute Gasteiger partial charge is 0.282 e. The van der Waals surface area contributed by atoms with E-state index in [9.17, 15) is 32.9 Å². The fourth-order valence-electron chi connectivity index (χ4n) is 3.63. The van der Waals surface area contributed by atoms with Crippen LogP contribution in [0.2, 0.25) is 0 Å². The maximum atomic E-state index is 12.8. The van der Waals surface area contributed by atoms with Gasteiger partial charge in [0.05, 0.1) is 28.6 Å². The van der Waals surface area contributed by atoms with Gasteiger partial charge in [-0.05, 0) is 24.3 Å². The summed E-state index contributed by atoms with van der Waals surface area (Å²) in [6.45, 7) is 0.307. The standard InChI is InChI=1S/C20H18N4O8S/c25-17(12-23-19(26)15-5-2-6-16(24(28)29)18(15)20(23)27)21-13-3-1-4-14(11-13)33(30,31)22-7-9-32-10-8-22/h1-6,11H,7-10,12H2,(H,21,25). The number of anilines is 1. The molecule has 0 bridgehead atoms. The molecular formula is C20H18N4O8S. The Labute approximate surface area is 187 Å². The predicted octanol–water partition coefficient (Wildman–Crippen LogP) is 0.850. The lowest BCUT2D eigenvalue weighted by Crippen LogP contribution is -2.40. The molecule has 13 heteroatoms. The number of imide groups is 1. The normalized spacial score (nSPS) is 16.5. The van der Waals surface area contributed by atoms with Crippen molar-refractivity contribution in [2.75, 3.05) is 38.2 Å². The quantitative estimate of drug-likeness (QED) is 0.367. The Kier molecular flexibility index (Phi) is 5.93. The largest absolute Gasteiger partial charge is 0.379 e. The number of ether oxygens (including phenoxy) is 1. The van der Waals surface area contributed by atoms with Gasteiger partial charge in [0.15, 0.2) is 0 Å². The fraction of sp³-hybridized carbons (Fsp3) is 0.250. The van der Waals surface area contributed by atoms with E-state index in [0.29, 0.717) is 4.90 Å². The first-order chi connectivity index (χ1) is 15.7. The summed E-state index contributed by atoms with van der Waals surface area (Å²) in [6.07, 6.45) is 0. The molecule has 1 N–H and O–H groups in total. The zero-order chi connectivity index (χ0) is 23.8. The number of fused-ring (bicyclic) bond motifs is 1. The number of amides is 3. The molecule has 0 aliphatic carbocycles. The Morgan fingerprint density at radius 2 is 1.79 bits per heavy atom. The number of nitrogens with one attached hydrogen (secondary N) is 1. The highest BCUT2D eigenvalue weighted by Crippen LogP contribution is 2.30. The number of carbonyl (C=O) groups is 3. The summed E-state index contributed by atoms with van der Waals surface area (Å²) in [5, 5.41) is 13.7. The number of hydrogen-bond donors (Lipinski definition) is 1. The van der Waals surface area contributed by atoms with E-state index in [4.69, 9.17) is 4.74 Å². The Balaban J connectivity index is 1.49. The zero-order valence-electron chi connectivity index (χ0n) is 17.1. The second kappa shape index (κ2) is 8.69. The van der Waals surface area contributed by atoms with Gasteiger partial charge in [-0.1, -0.05) is 12.1 Å². The number of morpholine rings is 1. The van der Waals surface area contributed by atoms with Gasteiger partial charge in [-0.15, -0.1) is 0 Å². The van der Waals surface area contributed by atoms with E-state index < -0.39 is 44.9 Å². The van der Waals surface area contributed by atoms with Gasteiger partial charge in [-0.25, -0.2) is 8.42 Å². The minimum Gasteiger partial charge on any atom is -0.379 e. The van der Waals surface area contributed by atoms with E-state index >= 15 is 0 Å². The Morgan fingerprint density at radius 3 is 2.48 bits per heavy atom. The van der Waals surface area contributed by atoms with Crippen LogP contribution in [-0.2, 0) is 19.6 Å². The molecule has 0 aromatic heterocycles. The molecule has 2 aliphatic heterocycles. The SMILES string of the molecule is O=C(CN1C(=O)c2cccc([N+](=O)[O-])c2C1=O)Nc1cccc(S(=O)(=O)N2CCOCC2)c1. The first-order valence-electron chi connectivity index (χ1n) is 9.81. The van der Waals surface area contributed by atoms with Crippen LogP contribution in [0, 0.1) is 10.1 Å². The molecule has 0 spiro atoms. The van der Waals surface area contributed by atoms with E-state index in [0.717, 1.165) is 6.07 Å². The maximum absolute atomic E-state index is 12.8. The molecule has 0 radical (unpaired) electrons. The summed E-state index contributed by atoms with van der Waals surface area (Å²) < 4.78 is 32.1. The van der Waals surface area contributed by atoms with E-state index in [1.54, 1.807) is 0 Å². The number of benzene rings is 2. The molecule has 3 amide bonds. The second-order valence-corrected chi connectivity index (χ2v) is 9.18. The molecule has 2 aromatic carbocycles. The molecule has 0 atom stereocenters. The van der Waals surface area contributed by atoms with Crippen LogP contribution in [0.4, 0.5) is 11.4 Å². The summed E-state index contributed by atoms with van der Waals surface area (Å²) in [4.78, 5) is 48.7. The number of nitro benzene ring substituents is 1. The molecule has 2 aliphatic rings. The molecular weight excluding hydrogens is 456 g/mol. The van der Waals surface area contributed by atoms with Crippen molar-refractivity contribution in [3.8, 4) is 0 Å². The third kappa shape index (κ3) is 4.20. The van der Waals surface area contributed by atoms with Crippen LogP contribution in [0.5, 0.6) is 0 Å². The Morgan fingerprint density at radius 1 is 1.09 bits per heavy atom. The van der Waals surface area contributed by atoms with Gasteiger partial charge in [0, 0.05) is 24.8 Å². The van der Waals surface area contributed by atoms with Crippen LogP contribution >= 0.6 is 0 Å². The number of nitrogens with zero attached hydrogens (tertiary/aromatic N) is 3. The van der Waals surface area contributed by atoms with Gasteiger partial charge >= 0.3 is 0 Å². The number of nitro groups is 1. The highest BCUT2D eigenvalue weighted by Gasteiger charge is 2.41. The predicted molar refractivity (Wildman–Crippen MR) is 113 cm³/mol. The fourth-order valence-corrected chi connectivity index (χ4v) is 5.08. The molecule has 4 rings (SSSR count). The van der Waals surface area contributed by atoms with Crippen molar-refractivity contribution in [3.05, 3.63) is 63.7 Å². The summed E-state index contributed by atoms with van der Waals surface area (Å²) in [6, 6.07) is 9.25. The second-order valence-electron chi connectivity index (χ2n) is 7.25. The third-order valence-corrected chi connectivity index (χ3v) is 7.10. The first-order valence-corrected chi connectivity index (χ1v) is 11.3. The van der Waals surface area contributed by atoms with E-state index in [-0.39, 0.29) is 48.0 Å². The molecule has 0 saturated carbocycles. The van der Waals surface area contributed by atoms with Crippen molar-refractivity contribution in [3.63, 3.8) is 0 Å². The lowest BCUT2D eigenvalue weighted by atomic mass is 10.1. The van der Waals surface area contributed by atoms with Crippen LogP contribution in [0.15, 0.2) is 47.4 Å². The van der Waals surface area contributed by atoms with Gasteiger partial charge in [-0.2, -0.15) is 4.31 Å². The monoisotopic (exact) mass is 474 g/mol. The summed E-state index contributed by atoms with van der Waals surface area (Å²) >= 11 is 0. The molecule has 2 aromatic rings. The molecule has 33 heavy (non-hydrogen) atoms. The van der Waals surface area contributed by atoms with Gasteiger partial charge < -0.3 is 10.1 Å². The lowest BCUT2D eigenvalue weighted by Gasteiger charge is -2.26. The number of carbonyl (C=O) groups excluding carboxylic acids is 3. The van der Waals surface area contributed by atoms with Crippen molar-refractivity contribution in [2.24, 2.45) is 0 Å². The van der Waals surface area contributed by atoms with E-state index in [1.807, 2.05) is 0 Å². The van der Waals surface area contributed by atoms with Crippen LogP contribution in [0.25, 0.3) is 0 Å². The van der Waals surface area contributed by atoms with Crippen molar-refractivity contribution in [1.29, 1.82) is 0 Å². The average molecular weight is 474 g/mol. The third-order valence-electron chi connectivity index (χ3n) is 5.20. The van der Waals surface area contributed by atoms with Crippen LogP contribution < -0.4 is 5.32 Å². The zero-order valence-corrected chi connectivity index (χ0v) is 17.9. The maximum Gasteiger partial charge on any atom is 0.282 e. The highest BCUT2D eigenvalue weighted by molar-refractivity contribution is 7.89. The molecule has 2 heterocycles.